The Hall–Kier alpha value is -3.19. The van der Waals surface area contributed by atoms with Gasteiger partial charge < -0.3 is 15.0 Å². The summed E-state index contributed by atoms with van der Waals surface area (Å²) in [5.74, 6) is 0.0525. The molecule has 7 heteroatoms. The van der Waals surface area contributed by atoms with Gasteiger partial charge in [-0.1, -0.05) is 43.5 Å². The molecule has 1 atom stereocenters. The van der Waals surface area contributed by atoms with Crippen LogP contribution >= 0.6 is 11.3 Å². The number of amides is 2. The summed E-state index contributed by atoms with van der Waals surface area (Å²) >= 11 is 1.54. The smallest absolute Gasteiger partial charge is 0.247 e. The largest absolute Gasteiger partial charge is 0.497 e. The van der Waals surface area contributed by atoms with Crippen LogP contribution in [0.1, 0.15) is 54.8 Å². The molecule has 36 heavy (non-hydrogen) atoms. The van der Waals surface area contributed by atoms with Crippen LogP contribution in [-0.2, 0) is 22.4 Å². The van der Waals surface area contributed by atoms with Crippen LogP contribution in [0.15, 0.2) is 65.4 Å². The summed E-state index contributed by atoms with van der Waals surface area (Å²) in [7, 11) is 1.62. The third kappa shape index (κ3) is 6.94. The normalized spacial score (nSPS) is 14.7. The zero-order valence-electron chi connectivity index (χ0n) is 20.6. The molecule has 1 aliphatic carbocycles. The zero-order chi connectivity index (χ0) is 25.3. The first-order valence-corrected chi connectivity index (χ1v) is 13.5. The maximum atomic E-state index is 13.8. The summed E-state index contributed by atoms with van der Waals surface area (Å²) in [5, 5.41) is 7.09. The molecule has 0 unspecified atom stereocenters. The molecular weight excluding hydrogens is 475 g/mol. The molecule has 1 aromatic heterocycles. The van der Waals surface area contributed by atoms with E-state index in [0.717, 1.165) is 42.6 Å². The Kier molecular flexibility index (Phi) is 9.11. The van der Waals surface area contributed by atoms with Crippen LogP contribution in [0, 0.1) is 5.82 Å². The van der Waals surface area contributed by atoms with Gasteiger partial charge in [-0.15, -0.1) is 0 Å². The lowest BCUT2D eigenvalue weighted by atomic mass is 9.94. The van der Waals surface area contributed by atoms with Gasteiger partial charge in [0.2, 0.25) is 11.8 Å². The number of ether oxygens (including phenoxy) is 1. The van der Waals surface area contributed by atoms with E-state index in [1.807, 2.05) is 41.1 Å². The monoisotopic (exact) mass is 508 g/mol. The molecule has 0 radical (unpaired) electrons. The van der Waals surface area contributed by atoms with Crippen LogP contribution in [0.25, 0.3) is 0 Å². The molecule has 0 aliphatic heterocycles. The zero-order valence-corrected chi connectivity index (χ0v) is 21.4. The van der Waals surface area contributed by atoms with Crippen molar-refractivity contribution in [3.05, 3.63) is 87.9 Å². The van der Waals surface area contributed by atoms with Gasteiger partial charge in [0.15, 0.2) is 0 Å². The SMILES string of the molecule is COc1ccc(CCN(C(=O)Cc2ccsc2)[C@@H](C(=O)NC2CCCCC2)c2ccc(F)cc2)cc1. The van der Waals surface area contributed by atoms with E-state index >= 15 is 0 Å². The molecule has 0 saturated heterocycles. The lowest BCUT2D eigenvalue weighted by Gasteiger charge is -2.33. The van der Waals surface area contributed by atoms with Crippen molar-refractivity contribution in [2.75, 3.05) is 13.7 Å². The summed E-state index contributed by atoms with van der Waals surface area (Å²) in [5.41, 5.74) is 2.57. The molecule has 1 N–H and O–H groups in total. The number of thiophene rings is 1. The highest BCUT2D eigenvalue weighted by Crippen LogP contribution is 2.26. The second-order valence-corrected chi connectivity index (χ2v) is 10.1. The van der Waals surface area contributed by atoms with Crippen LogP contribution in [0.4, 0.5) is 4.39 Å². The first kappa shape index (κ1) is 25.9. The quantitative estimate of drug-likeness (QED) is 0.382. The second kappa shape index (κ2) is 12.7. The van der Waals surface area contributed by atoms with Gasteiger partial charge in [-0.2, -0.15) is 11.3 Å². The standard InChI is InChI=1S/C29H33FN2O3S/c1-35-26-13-7-21(8-14-26)15-17-32(27(33)19-22-16-18-36-20-22)28(23-9-11-24(30)12-10-23)29(34)31-25-5-3-2-4-6-25/h7-14,16,18,20,25,28H,2-6,15,17,19H2,1H3,(H,31,34)/t28-/m1/s1. The molecule has 1 aliphatic rings. The van der Waals surface area contributed by atoms with Crippen molar-refractivity contribution < 1.29 is 18.7 Å². The molecule has 2 amide bonds. The van der Waals surface area contributed by atoms with Crippen LogP contribution in [-0.4, -0.2) is 36.4 Å². The van der Waals surface area contributed by atoms with Crippen molar-refractivity contribution in [1.82, 2.24) is 10.2 Å². The van der Waals surface area contributed by atoms with Gasteiger partial charge in [-0.3, -0.25) is 9.59 Å². The Balaban J connectivity index is 1.62. The van der Waals surface area contributed by atoms with Crippen LogP contribution < -0.4 is 10.1 Å². The van der Waals surface area contributed by atoms with Crippen molar-refractivity contribution >= 4 is 23.2 Å². The lowest BCUT2D eigenvalue weighted by Crippen LogP contribution is -2.48. The number of carbonyl (C=O) groups excluding carboxylic acids is 2. The summed E-state index contributed by atoms with van der Waals surface area (Å²) < 4.78 is 19.0. The van der Waals surface area contributed by atoms with Gasteiger partial charge in [0.05, 0.1) is 13.5 Å². The predicted molar refractivity (Wildman–Crippen MR) is 141 cm³/mol. The van der Waals surface area contributed by atoms with E-state index in [9.17, 15) is 14.0 Å². The number of rotatable bonds is 10. The predicted octanol–water partition coefficient (Wildman–Crippen LogP) is 5.70. The topological polar surface area (TPSA) is 58.6 Å². The fourth-order valence-electron chi connectivity index (χ4n) is 4.75. The lowest BCUT2D eigenvalue weighted by molar-refractivity contribution is -0.140. The van der Waals surface area contributed by atoms with Crippen molar-refractivity contribution in [3.63, 3.8) is 0 Å². The molecule has 0 spiro atoms. The molecule has 1 saturated carbocycles. The minimum Gasteiger partial charge on any atom is -0.497 e. The van der Waals surface area contributed by atoms with E-state index in [4.69, 9.17) is 4.74 Å². The van der Waals surface area contributed by atoms with Gasteiger partial charge in [-0.25, -0.2) is 4.39 Å². The van der Waals surface area contributed by atoms with Crippen molar-refractivity contribution in [3.8, 4) is 5.75 Å². The third-order valence-electron chi connectivity index (χ3n) is 6.75. The second-order valence-electron chi connectivity index (χ2n) is 9.29. The maximum absolute atomic E-state index is 13.8. The van der Waals surface area contributed by atoms with E-state index < -0.39 is 6.04 Å². The number of hydrogen-bond donors (Lipinski definition) is 1. The van der Waals surface area contributed by atoms with Gasteiger partial charge >= 0.3 is 0 Å². The highest BCUT2D eigenvalue weighted by atomic mass is 32.1. The summed E-state index contributed by atoms with van der Waals surface area (Å²) in [6.45, 7) is 0.357. The summed E-state index contributed by atoms with van der Waals surface area (Å²) in [6, 6.07) is 14.8. The number of nitrogens with zero attached hydrogens (tertiary/aromatic N) is 1. The molecular formula is C29H33FN2O3S. The highest BCUT2D eigenvalue weighted by Gasteiger charge is 2.32. The number of methoxy groups -OCH3 is 1. The fraction of sp³-hybridized carbons (Fsp3) is 0.379. The van der Waals surface area contributed by atoms with Crippen molar-refractivity contribution in [2.24, 2.45) is 0 Å². The van der Waals surface area contributed by atoms with E-state index in [-0.39, 0.29) is 30.1 Å². The number of hydrogen-bond acceptors (Lipinski definition) is 4. The molecule has 5 nitrogen and oxygen atoms in total. The van der Waals surface area contributed by atoms with E-state index in [1.165, 1.54) is 29.9 Å². The Labute approximate surface area is 216 Å². The van der Waals surface area contributed by atoms with Crippen LogP contribution in [0.2, 0.25) is 0 Å². The summed E-state index contributed by atoms with van der Waals surface area (Å²) in [4.78, 5) is 29.1. The number of nitrogens with one attached hydrogen (secondary N) is 1. The summed E-state index contributed by atoms with van der Waals surface area (Å²) in [6.07, 6.45) is 6.02. The van der Waals surface area contributed by atoms with Crippen molar-refractivity contribution in [2.45, 2.75) is 57.0 Å². The third-order valence-corrected chi connectivity index (χ3v) is 7.49. The minimum atomic E-state index is -0.836. The molecule has 0 bridgehead atoms. The van der Waals surface area contributed by atoms with Gasteiger partial charge in [0, 0.05) is 12.6 Å². The van der Waals surface area contributed by atoms with Crippen LogP contribution in [0.3, 0.4) is 0 Å². The number of carbonyl (C=O) groups is 2. The van der Waals surface area contributed by atoms with E-state index in [2.05, 4.69) is 5.32 Å². The van der Waals surface area contributed by atoms with Crippen LogP contribution in [0.5, 0.6) is 5.75 Å². The average Bonchev–Trinajstić information content (AvgIpc) is 3.41. The van der Waals surface area contributed by atoms with Gasteiger partial charge in [0.25, 0.3) is 0 Å². The van der Waals surface area contributed by atoms with Crippen molar-refractivity contribution in [1.29, 1.82) is 0 Å². The average molecular weight is 509 g/mol. The highest BCUT2D eigenvalue weighted by molar-refractivity contribution is 7.08. The maximum Gasteiger partial charge on any atom is 0.247 e. The Morgan fingerprint density at radius 1 is 1.03 bits per heavy atom. The first-order chi connectivity index (χ1) is 17.5. The Morgan fingerprint density at radius 3 is 2.39 bits per heavy atom. The van der Waals surface area contributed by atoms with E-state index in [1.54, 1.807) is 24.1 Å². The fourth-order valence-corrected chi connectivity index (χ4v) is 5.42. The minimum absolute atomic E-state index is 0.101. The first-order valence-electron chi connectivity index (χ1n) is 12.5. The van der Waals surface area contributed by atoms with E-state index in [0.29, 0.717) is 18.5 Å². The molecule has 2 aromatic carbocycles. The number of benzene rings is 2. The molecule has 4 rings (SSSR count). The molecule has 190 valence electrons. The van der Waals surface area contributed by atoms with Gasteiger partial charge in [0.1, 0.15) is 17.6 Å². The van der Waals surface area contributed by atoms with Gasteiger partial charge in [-0.05, 0) is 77.0 Å². The molecule has 1 heterocycles. The molecule has 3 aromatic rings. The Morgan fingerprint density at radius 2 is 1.75 bits per heavy atom. The number of halogens is 1. The Bertz CT molecular complexity index is 1110. The molecule has 1 fully saturated rings.